The molecule has 0 fully saturated rings. The Morgan fingerprint density at radius 2 is 1.75 bits per heavy atom. The first kappa shape index (κ1) is 12.3. The van der Waals surface area contributed by atoms with E-state index in [1.807, 2.05) is 36.4 Å². The maximum atomic E-state index is 4.27. The van der Waals surface area contributed by atoms with Gasteiger partial charge in [-0.3, -0.25) is 9.97 Å². The molecule has 0 atom stereocenters. The molecule has 0 aliphatic rings. The number of benzene rings is 2. The molecule has 0 saturated heterocycles. The molecule has 4 heteroatoms. The van der Waals surface area contributed by atoms with Crippen LogP contribution in [0.2, 0.25) is 0 Å². The van der Waals surface area contributed by atoms with Gasteiger partial charge in [-0.25, -0.2) is 0 Å². The second-order valence-corrected chi connectivity index (χ2v) is 4.38. The summed E-state index contributed by atoms with van der Waals surface area (Å²) >= 11 is 0. The third-order valence-corrected chi connectivity index (χ3v) is 2.92. The van der Waals surface area contributed by atoms with Crippen molar-refractivity contribution >= 4 is 17.2 Å². The van der Waals surface area contributed by atoms with Gasteiger partial charge in [0.1, 0.15) is 0 Å². The van der Waals surface area contributed by atoms with Crippen LogP contribution in [0.25, 0.3) is 11.0 Å². The Labute approximate surface area is 117 Å². The second-order valence-electron chi connectivity index (χ2n) is 4.38. The molecule has 1 heterocycles. The lowest BCUT2D eigenvalue weighted by atomic mass is 10.2. The summed E-state index contributed by atoms with van der Waals surface area (Å²) < 4.78 is 0. The fraction of sp³-hybridized carbons (Fsp3) is 0.0625. The van der Waals surface area contributed by atoms with Crippen molar-refractivity contribution in [3.05, 3.63) is 72.1 Å². The van der Waals surface area contributed by atoms with E-state index < -0.39 is 0 Å². The summed E-state index contributed by atoms with van der Waals surface area (Å²) in [5, 5.41) is 4.22. The number of hydrogen-bond donors (Lipinski definition) is 1. The minimum absolute atomic E-state index is 0.713. The van der Waals surface area contributed by atoms with Crippen molar-refractivity contribution in [2.75, 3.05) is 0 Å². The molecule has 20 heavy (non-hydrogen) atoms. The molecule has 0 aliphatic carbocycles. The molecule has 3 rings (SSSR count). The lowest BCUT2D eigenvalue weighted by molar-refractivity contribution is 0.748. The van der Waals surface area contributed by atoms with Crippen LogP contribution in [0, 0.1) is 0 Å². The normalized spacial score (nSPS) is 11.0. The van der Waals surface area contributed by atoms with E-state index in [2.05, 4.69) is 32.6 Å². The zero-order chi connectivity index (χ0) is 13.6. The second kappa shape index (κ2) is 5.93. The average molecular weight is 262 g/mol. The van der Waals surface area contributed by atoms with Gasteiger partial charge in [0.05, 0.1) is 23.8 Å². The quantitative estimate of drug-likeness (QED) is 0.581. The van der Waals surface area contributed by atoms with Gasteiger partial charge >= 0.3 is 0 Å². The highest BCUT2D eigenvalue weighted by Gasteiger charge is 1.95. The zero-order valence-electron chi connectivity index (χ0n) is 10.9. The van der Waals surface area contributed by atoms with Gasteiger partial charge in [-0.2, -0.15) is 5.10 Å². The molecule has 0 amide bonds. The predicted octanol–water partition coefficient (Wildman–Crippen LogP) is 2.75. The van der Waals surface area contributed by atoms with Crippen LogP contribution in [0.5, 0.6) is 0 Å². The van der Waals surface area contributed by atoms with Gasteiger partial charge in [0.25, 0.3) is 0 Å². The van der Waals surface area contributed by atoms with E-state index in [1.54, 1.807) is 18.6 Å². The Morgan fingerprint density at radius 1 is 0.950 bits per heavy atom. The molecule has 0 radical (unpaired) electrons. The Morgan fingerprint density at radius 3 is 2.60 bits per heavy atom. The van der Waals surface area contributed by atoms with Crippen LogP contribution in [0.15, 0.2) is 66.0 Å². The van der Waals surface area contributed by atoms with E-state index in [0.29, 0.717) is 6.54 Å². The predicted molar refractivity (Wildman–Crippen MR) is 80.4 cm³/mol. The van der Waals surface area contributed by atoms with Crippen molar-refractivity contribution in [3.8, 4) is 0 Å². The zero-order valence-corrected chi connectivity index (χ0v) is 10.9. The van der Waals surface area contributed by atoms with Crippen molar-refractivity contribution in [2.45, 2.75) is 6.54 Å². The third kappa shape index (κ3) is 2.98. The van der Waals surface area contributed by atoms with Crippen LogP contribution in [-0.2, 0) is 6.54 Å². The summed E-state index contributed by atoms with van der Waals surface area (Å²) in [4.78, 5) is 8.51. The number of aromatic nitrogens is 2. The van der Waals surface area contributed by atoms with E-state index in [9.17, 15) is 0 Å². The van der Waals surface area contributed by atoms with Crippen LogP contribution in [0.1, 0.15) is 11.1 Å². The van der Waals surface area contributed by atoms with Crippen molar-refractivity contribution in [1.29, 1.82) is 0 Å². The largest absolute Gasteiger partial charge is 0.306 e. The first-order chi connectivity index (χ1) is 9.92. The number of rotatable bonds is 4. The summed E-state index contributed by atoms with van der Waals surface area (Å²) in [6, 6.07) is 16.1. The molecule has 0 spiro atoms. The summed E-state index contributed by atoms with van der Waals surface area (Å²) in [6.45, 7) is 0.713. The highest BCUT2D eigenvalue weighted by Crippen LogP contribution is 2.09. The summed E-state index contributed by atoms with van der Waals surface area (Å²) in [5.74, 6) is 0. The minimum Gasteiger partial charge on any atom is -0.306 e. The smallest absolute Gasteiger partial charge is 0.0893 e. The topological polar surface area (TPSA) is 50.2 Å². The van der Waals surface area contributed by atoms with E-state index in [4.69, 9.17) is 0 Å². The SMILES string of the molecule is C(=N/NCc1ccccc1)/c1ccc2nccnc2c1. The van der Waals surface area contributed by atoms with Gasteiger partial charge in [-0.15, -0.1) is 0 Å². The lowest BCUT2D eigenvalue weighted by Gasteiger charge is -2.00. The summed E-state index contributed by atoms with van der Waals surface area (Å²) in [6.07, 6.45) is 5.17. The molecule has 4 nitrogen and oxygen atoms in total. The van der Waals surface area contributed by atoms with Gasteiger partial charge < -0.3 is 5.43 Å². The lowest BCUT2D eigenvalue weighted by Crippen LogP contribution is -2.05. The number of nitrogens with zero attached hydrogens (tertiary/aromatic N) is 3. The molecule has 0 saturated carbocycles. The highest BCUT2D eigenvalue weighted by molar-refractivity contribution is 5.86. The molecule has 98 valence electrons. The van der Waals surface area contributed by atoms with Gasteiger partial charge in [0.2, 0.25) is 0 Å². The Bertz CT molecular complexity index is 723. The number of hydrazone groups is 1. The van der Waals surface area contributed by atoms with Gasteiger partial charge in [0.15, 0.2) is 0 Å². The molecule has 1 N–H and O–H groups in total. The van der Waals surface area contributed by atoms with Crippen LogP contribution in [0.4, 0.5) is 0 Å². The molecular formula is C16H14N4. The molecule has 0 bridgehead atoms. The van der Waals surface area contributed by atoms with E-state index >= 15 is 0 Å². The Hall–Kier alpha value is -2.75. The number of nitrogens with one attached hydrogen (secondary N) is 1. The monoisotopic (exact) mass is 262 g/mol. The van der Waals surface area contributed by atoms with Crippen LogP contribution in [0.3, 0.4) is 0 Å². The van der Waals surface area contributed by atoms with E-state index in [1.165, 1.54) is 5.56 Å². The highest BCUT2D eigenvalue weighted by atomic mass is 15.3. The fourth-order valence-electron chi connectivity index (χ4n) is 1.91. The molecular weight excluding hydrogens is 248 g/mol. The maximum absolute atomic E-state index is 4.27. The van der Waals surface area contributed by atoms with E-state index in [-0.39, 0.29) is 0 Å². The van der Waals surface area contributed by atoms with Gasteiger partial charge in [0, 0.05) is 12.4 Å². The Kier molecular flexibility index (Phi) is 3.64. The summed E-state index contributed by atoms with van der Waals surface area (Å²) in [5.41, 5.74) is 7.00. The van der Waals surface area contributed by atoms with Crippen molar-refractivity contribution < 1.29 is 0 Å². The molecule has 1 aromatic heterocycles. The summed E-state index contributed by atoms with van der Waals surface area (Å²) in [7, 11) is 0. The van der Waals surface area contributed by atoms with Gasteiger partial charge in [-0.05, 0) is 23.3 Å². The van der Waals surface area contributed by atoms with Crippen LogP contribution >= 0.6 is 0 Å². The number of fused-ring (bicyclic) bond motifs is 1. The standard InChI is InChI=1S/C16H14N4/c1-2-4-13(5-3-1)11-19-20-12-14-6-7-15-16(10-14)18-9-8-17-15/h1-10,12,19H,11H2/b20-12-. The molecule has 3 aromatic rings. The average Bonchev–Trinajstić information content (AvgIpc) is 2.52. The third-order valence-electron chi connectivity index (χ3n) is 2.92. The van der Waals surface area contributed by atoms with Crippen molar-refractivity contribution in [2.24, 2.45) is 5.10 Å². The van der Waals surface area contributed by atoms with Crippen molar-refractivity contribution in [1.82, 2.24) is 15.4 Å². The van der Waals surface area contributed by atoms with Crippen molar-refractivity contribution in [3.63, 3.8) is 0 Å². The Balaban J connectivity index is 1.65. The van der Waals surface area contributed by atoms with Crippen LogP contribution in [-0.4, -0.2) is 16.2 Å². The first-order valence-corrected chi connectivity index (χ1v) is 6.42. The number of hydrogen-bond acceptors (Lipinski definition) is 4. The fourth-order valence-corrected chi connectivity index (χ4v) is 1.91. The minimum atomic E-state index is 0.713. The molecule has 0 unspecified atom stereocenters. The van der Waals surface area contributed by atoms with Crippen LogP contribution < -0.4 is 5.43 Å². The van der Waals surface area contributed by atoms with Gasteiger partial charge in [-0.1, -0.05) is 36.4 Å². The molecule has 2 aromatic carbocycles. The molecule has 0 aliphatic heterocycles. The first-order valence-electron chi connectivity index (χ1n) is 6.42. The van der Waals surface area contributed by atoms with E-state index in [0.717, 1.165) is 16.6 Å². The maximum Gasteiger partial charge on any atom is 0.0893 e.